The zero-order valence-corrected chi connectivity index (χ0v) is 16.9. The van der Waals surface area contributed by atoms with Crippen molar-refractivity contribution in [2.45, 2.75) is 19.4 Å². The number of rotatable bonds is 6. The highest BCUT2D eigenvalue weighted by Gasteiger charge is 2.27. The summed E-state index contributed by atoms with van der Waals surface area (Å²) in [6.45, 7) is 4.42. The maximum Gasteiger partial charge on any atom is 0.268 e. The van der Waals surface area contributed by atoms with Crippen molar-refractivity contribution in [3.8, 4) is 11.1 Å². The number of amides is 1. The van der Waals surface area contributed by atoms with Gasteiger partial charge < -0.3 is 4.90 Å². The molecule has 152 valence electrons. The molecule has 3 aromatic rings. The van der Waals surface area contributed by atoms with Gasteiger partial charge in [0.15, 0.2) is 0 Å². The number of aryl methyl sites for hydroxylation is 1. The average Bonchev–Trinajstić information content (AvgIpc) is 3.28. The highest BCUT2D eigenvalue weighted by Crippen LogP contribution is 2.26. The number of carbonyl (C=O) groups is 1. The summed E-state index contributed by atoms with van der Waals surface area (Å²) in [6, 6.07) is 11.1. The number of aliphatic imine (C=N–C) groups is 1. The molecular formula is C24H23FN4O. The van der Waals surface area contributed by atoms with Gasteiger partial charge in [-0.2, -0.15) is 5.10 Å². The van der Waals surface area contributed by atoms with Gasteiger partial charge in [0.25, 0.3) is 5.91 Å². The second-order valence-electron chi connectivity index (χ2n) is 7.34. The molecule has 2 heterocycles. The van der Waals surface area contributed by atoms with Gasteiger partial charge in [-0.05, 0) is 29.7 Å². The topological polar surface area (TPSA) is 50.5 Å². The van der Waals surface area contributed by atoms with E-state index >= 15 is 0 Å². The molecule has 5 nitrogen and oxygen atoms in total. The van der Waals surface area contributed by atoms with Crippen molar-refractivity contribution in [2.24, 2.45) is 12.0 Å². The van der Waals surface area contributed by atoms with Gasteiger partial charge in [0, 0.05) is 49.9 Å². The standard InChI is InChI=1S/C24H23FN4O/c1-3-4-5-11-26-22-10-12-29(24(22)30)16-19-8-6-17(13-21(19)25)18-7-9-20-15-28(2)27-23(20)14-18/h3,5-9,11,13-15H,1,4,10,12,16H2,2H3/b11-5-,26-22?. The Hall–Kier alpha value is -3.54. The number of aromatic nitrogens is 2. The van der Waals surface area contributed by atoms with Crippen LogP contribution in [-0.2, 0) is 18.4 Å². The molecule has 1 aliphatic heterocycles. The second kappa shape index (κ2) is 8.45. The molecule has 2 aromatic carbocycles. The molecule has 1 fully saturated rings. The number of halogens is 1. The lowest BCUT2D eigenvalue weighted by Gasteiger charge is -2.16. The average molecular weight is 402 g/mol. The number of benzene rings is 2. The van der Waals surface area contributed by atoms with Crippen LogP contribution in [0.1, 0.15) is 18.4 Å². The van der Waals surface area contributed by atoms with Gasteiger partial charge in [0.1, 0.15) is 11.5 Å². The van der Waals surface area contributed by atoms with Crippen LogP contribution < -0.4 is 0 Å². The van der Waals surface area contributed by atoms with E-state index in [4.69, 9.17) is 0 Å². The molecule has 0 atom stereocenters. The Bertz CT molecular complexity index is 1180. The minimum Gasteiger partial charge on any atom is -0.333 e. The first-order chi connectivity index (χ1) is 14.5. The van der Waals surface area contributed by atoms with E-state index in [2.05, 4.69) is 16.7 Å². The van der Waals surface area contributed by atoms with E-state index in [0.29, 0.717) is 30.7 Å². The Labute approximate surface area is 174 Å². The van der Waals surface area contributed by atoms with Crippen molar-refractivity contribution < 1.29 is 9.18 Å². The van der Waals surface area contributed by atoms with E-state index in [1.807, 2.05) is 43.6 Å². The molecule has 1 amide bonds. The molecule has 1 aromatic heterocycles. The quantitative estimate of drug-likeness (QED) is 0.564. The molecule has 0 bridgehead atoms. The van der Waals surface area contributed by atoms with Gasteiger partial charge in [-0.3, -0.25) is 14.5 Å². The number of allylic oxidation sites excluding steroid dienone is 2. The van der Waals surface area contributed by atoms with E-state index in [-0.39, 0.29) is 18.3 Å². The summed E-state index contributed by atoms with van der Waals surface area (Å²) in [4.78, 5) is 18.4. The third-order valence-corrected chi connectivity index (χ3v) is 5.16. The summed E-state index contributed by atoms with van der Waals surface area (Å²) in [6.07, 6.45) is 8.46. The smallest absolute Gasteiger partial charge is 0.268 e. The SMILES string of the molecule is C=CC/C=C\N=C1CCN(Cc2ccc(-c3ccc4cn(C)nc4c3)cc2F)C1=O. The number of hydrogen-bond donors (Lipinski definition) is 0. The molecule has 0 radical (unpaired) electrons. The molecule has 0 aliphatic carbocycles. The van der Waals surface area contributed by atoms with Crippen LogP contribution in [0.5, 0.6) is 0 Å². The Morgan fingerprint density at radius 1 is 1.23 bits per heavy atom. The predicted molar refractivity (Wildman–Crippen MR) is 118 cm³/mol. The van der Waals surface area contributed by atoms with E-state index in [0.717, 1.165) is 22.0 Å². The number of fused-ring (bicyclic) bond motifs is 1. The normalized spacial score (nSPS) is 15.7. The van der Waals surface area contributed by atoms with Crippen molar-refractivity contribution in [3.05, 3.63) is 78.9 Å². The first-order valence-corrected chi connectivity index (χ1v) is 9.89. The zero-order chi connectivity index (χ0) is 21.1. The lowest BCUT2D eigenvalue weighted by Crippen LogP contribution is -2.27. The van der Waals surface area contributed by atoms with Crippen molar-refractivity contribution in [2.75, 3.05) is 6.54 Å². The Kier molecular flexibility index (Phi) is 5.57. The van der Waals surface area contributed by atoms with Crippen LogP contribution in [0.4, 0.5) is 4.39 Å². The van der Waals surface area contributed by atoms with Crippen LogP contribution in [0.15, 0.2) is 72.5 Å². The first-order valence-electron chi connectivity index (χ1n) is 9.89. The van der Waals surface area contributed by atoms with Crippen molar-refractivity contribution in [1.82, 2.24) is 14.7 Å². The van der Waals surface area contributed by atoms with Crippen LogP contribution in [0.3, 0.4) is 0 Å². The fourth-order valence-electron chi connectivity index (χ4n) is 3.58. The minimum absolute atomic E-state index is 0.137. The molecule has 0 saturated carbocycles. The molecule has 6 heteroatoms. The third kappa shape index (κ3) is 4.08. The minimum atomic E-state index is -0.322. The molecule has 0 spiro atoms. The highest BCUT2D eigenvalue weighted by molar-refractivity contribution is 6.40. The Balaban J connectivity index is 1.49. The predicted octanol–water partition coefficient (Wildman–Crippen LogP) is 4.64. The molecule has 0 N–H and O–H groups in total. The Morgan fingerprint density at radius 2 is 2.03 bits per heavy atom. The lowest BCUT2D eigenvalue weighted by atomic mass is 10.0. The summed E-state index contributed by atoms with van der Waals surface area (Å²) in [5, 5.41) is 5.46. The van der Waals surface area contributed by atoms with E-state index in [9.17, 15) is 9.18 Å². The van der Waals surface area contributed by atoms with E-state index in [1.54, 1.807) is 27.9 Å². The van der Waals surface area contributed by atoms with Gasteiger partial charge >= 0.3 is 0 Å². The number of hydrogen-bond acceptors (Lipinski definition) is 3. The fraction of sp³-hybridized carbons (Fsp3) is 0.208. The third-order valence-electron chi connectivity index (χ3n) is 5.16. The monoisotopic (exact) mass is 402 g/mol. The first kappa shape index (κ1) is 19.8. The summed E-state index contributed by atoms with van der Waals surface area (Å²) < 4.78 is 16.6. The Morgan fingerprint density at radius 3 is 2.83 bits per heavy atom. The molecule has 4 rings (SSSR count). The molecule has 0 unspecified atom stereocenters. The number of nitrogens with zero attached hydrogens (tertiary/aromatic N) is 4. The summed E-state index contributed by atoms with van der Waals surface area (Å²) >= 11 is 0. The van der Waals surface area contributed by atoms with Crippen LogP contribution in [0, 0.1) is 5.82 Å². The molecular weight excluding hydrogens is 379 g/mol. The van der Waals surface area contributed by atoms with Crippen LogP contribution in [-0.4, -0.2) is 32.8 Å². The van der Waals surface area contributed by atoms with Crippen molar-refractivity contribution in [1.29, 1.82) is 0 Å². The van der Waals surface area contributed by atoms with Gasteiger partial charge in [0.2, 0.25) is 0 Å². The van der Waals surface area contributed by atoms with E-state index in [1.165, 1.54) is 6.07 Å². The maximum absolute atomic E-state index is 14.8. The maximum atomic E-state index is 14.8. The van der Waals surface area contributed by atoms with Crippen LogP contribution >= 0.6 is 0 Å². The number of likely N-dealkylation sites (tertiary alicyclic amines) is 1. The van der Waals surface area contributed by atoms with E-state index < -0.39 is 0 Å². The molecule has 1 aliphatic rings. The highest BCUT2D eigenvalue weighted by atomic mass is 19.1. The molecule has 30 heavy (non-hydrogen) atoms. The lowest BCUT2D eigenvalue weighted by molar-refractivity contribution is -0.123. The van der Waals surface area contributed by atoms with Crippen LogP contribution in [0.25, 0.3) is 22.0 Å². The fourth-order valence-corrected chi connectivity index (χ4v) is 3.58. The summed E-state index contributed by atoms with van der Waals surface area (Å²) in [7, 11) is 1.88. The molecule has 1 saturated heterocycles. The summed E-state index contributed by atoms with van der Waals surface area (Å²) in [5.74, 6) is -0.458. The summed E-state index contributed by atoms with van der Waals surface area (Å²) in [5.41, 5.74) is 3.57. The van der Waals surface area contributed by atoms with Crippen molar-refractivity contribution in [3.63, 3.8) is 0 Å². The van der Waals surface area contributed by atoms with Crippen molar-refractivity contribution >= 4 is 22.5 Å². The second-order valence-corrected chi connectivity index (χ2v) is 7.34. The zero-order valence-electron chi connectivity index (χ0n) is 16.9. The van der Waals surface area contributed by atoms with Gasteiger partial charge in [-0.1, -0.05) is 36.4 Å². The van der Waals surface area contributed by atoms with Gasteiger partial charge in [-0.15, -0.1) is 6.58 Å². The number of carbonyl (C=O) groups excluding carboxylic acids is 1. The largest absolute Gasteiger partial charge is 0.333 e. The van der Waals surface area contributed by atoms with Crippen LogP contribution in [0.2, 0.25) is 0 Å². The van der Waals surface area contributed by atoms with Gasteiger partial charge in [-0.25, -0.2) is 4.39 Å². The van der Waals surface area contributed by atoms with Gasteiger partial charge in [0.05, 0.1) is 5.52 Å².